The van der Waals surface area contributed by atoms with Crippen LogP contribution in [0.2, 0.25) is 5.02 Å². The Labute approximate surface area is 208 Å². The first kappa shape index (κ1) is 23.1. The topological polar surface area (TPSA) is 58.2 Å². The van der Waals surface area contributed by atoms with E-state index in [-0.39, 0.29) is 23.4 Å². The molecule has 1 amide bonds. The van der Waals surface area contributed by atoms with Crippen LogP contribution in [0.4, 0.5) is 10.1 Å². The van der Waals surface area contributed by atoms with Crippen LogP contribution in [0.25, 0.3) is 0 Å². The largest absolute Gasteiger partial charge is 0.362 e. The van der Waals surface area contributed by atoms with Crippen LogP contribution in [0.5, 0.6) is 0 Å². The summed E-state index contributed by atoms with van der Waals surface area (Å²) in [4.78, 5) is 27.1. The highest BCUT2D eigenvalue weighted by Gasteiger charge is 2.40. The van der Waals surface area contributed by atoms with E-state index in [1.807, 2.05) is 49.4 Å². The molecule has 5 rings (SSSR count). The highest BCUT2D eigenvalue weighted by Crippen LogP contribution is 2.45. The van der Waals surface area contributed by atoms with Crippen molar-refractivity contribution in [2.75, 3.05) is 5.32 Å². The number of amides is 1. The van der Waals surface area contributed by atoms with Gasteiger partial charge in [-0.2, -0.15) is 0 Å². The molecule has 1 aliphatic carbocycles. The second kappa shape index (κ2) is 9.51. The zero-order valence-electron chi connectivity index (χ0n) is 19.1. The minimum absolute atomic E-state index is 0.0205. The Morgan fingerprint density at radius 3 is 2.31 bits per heavy atom. The third-order valence-electron chi connectivity index (χ3n) is 6.65. The summed E-state index contributed by atoms with van der Waals surface area (Å²) in [6.45, 7) is 1.85. The van der Waals surface area contributed by atoms with Gasteiger partial charge in [-0.25, -0.2) is 4.39 Å². The van der Waals surface area contributed by atoms with Crippen LogP contribution in [-0.4, -0.2) is 11.7 Å². The molecule has 35 heavy (non-hydrogen) atoms. The molecule has 1 aliphatic heterocycles. The molecule has 0 bridgehead atoms. The molecule has 0 fully saturated rings. The van der Waals surface area contributed by atoms with Gasteiger partial charge in [0.05, 0.1) is 0 Å². The third kappa shape index (κ3) is 4.64. The highest BCUT2D eigenvalue weighted by atomic mass is 35.5. The van der Waals surface area contributed by atoms with Crippen molar-refractivity contribution in [3.8, 4) is 0 Å². The Morgan fingerprint density at radius 2 is 1.63 bits per heavy atom. The van der Waals surface area contributed by atoms with E-state index >= 15 is 0 Å². The van der Waals surface area contributed by atoms with Crippen LogP contribution >= 0.6 is 11.6 Å². The fraction of sp³-hybridized carbons (Fsp3) is 0.172. The number of benzene rings is 3. The number of hydrogen-bond acceptors (Lipinski definition) is 3. The Morgan fingerprint density at radius 1 is 0.943 bits per heavy atom. The predicted molar refractivity (Wildman–Crippen MR) is 136 cm³/mol. The minimum atomic E-state index is -0.534. The lowest BCUT2D eigenvalue weighted by molar-refractivity contribution is -0.116. The lowest BCUT2D eigenvalue weighted by Gasteiger charge is -2.37. The van der Waals surface area contributed by atoms with Gasteiger partial charge in [0, 0.05) is 45.6 Å². The van der Waals surface area contributed by atoms with Crippen LogP contribution in [0.3, 0.4) is 0 Å². The number of anilines is 1. The van der Waals surface area contributed by atoms with Crippen molar-refractivity contribution in [3.63, 3.8) is 0 Å². The molecule has 0 spiro atoms. The first-order chi connectivity index (χ1) is 16.9. The van der Waals surface area contributed by atoms with Crippen molar-refractivity contribution in [1.82, 2.24) is 5.32 Å². The smallest absolute Gasteiger partial charge is 0.254 e. The van der Waals surface area contributed by atoms with Crippen LogP contribution < -0.4 is 10.6 Å². The summed E-state index contributed by atoms with van der Waals surface area (Å²) < 4.78 is 13.4. The van der Waals surface area contributed by atoms with E-state index in [4.69, 9.17) is 11.6 Å². The van der Waals surface area contributed by atoms with Crippen molar-refractivity contribution < 1.29 is 14.0 Å². The fourth-order valence-electron chi connectivity index (χ4n) is 5.02. The van der Waals surface area contributed by atoms with E-state index < -0.39 is 5.92 Å². The van der Waals surface area contributed by atoms with Gasteiger partial charge < -0.3 is 10.6 Å². The number of ketones is 1. The lowest BCUT2D eigenvalue weighted by atomic mass is 9.71. The minimum Gasteiger partial charge on any atom is -0.362 e. The Bertz CT molecular complexity index is 1350. The summed E-state index contributed by atoms with van der Waals surface area (Å²) in [5.41, 5.74) is 5.04. The maximum atomic E-state index is 13.6. The predicted octanol–water partition coefficient (Wildman–Crippen LogP) is 6.48. The average molecular weight is 487 g/mol. The molecule has 176 valence electrons. The summed E-state index contributed by atoms with van der Waals surface area (Å²) >= 11 is 6.14. The summed E-state index contributed by atoms with van der Waals surface area (Å²) in [5.74, 6) is -1.16. The third-order valence-corrected chi connectivity index (χ3v) is 6.90. The number of carbonyl (C=O) groups is 2. The Kier molecular flexibility index (Phi) is 6.27. The average Bonchev–Trinajstić information content (AvgIpc) is 2.85. The molecule has 0 saturated heterocycles. The number of dihydropyridines is 1. The molecule has 6 heteroatoms. The highest BCUT2D eigenvalue weighted by molar-refractivity contribution is 6.30. The van der Waals surface area contributed by atoms with E-state index in [0.29, 0.717) is 40.4 Å². The van der Waals surface area contributed by atoms with Crippen LogP contribution in [0.15, 0.2) is 101 Å². The summed E-state index contributed by atoms with van der Waals surface area (Å²) in [5, 5.41) is 6.82. The van der Waals surface area contributed by atoms with E-state index in [1.54, 1.807) is 12.1 Å². The van der Waals surface area contributed by atoms with Crippen molar-refractivity contribution >= 4 is 29.0 Å². The van der Waals surface area contributed by atoms with Gasteiger partial charge in [0.1, 0.15) is 5.82 Å². The van der Waals surface area contributed by atoms with Gasteiger partial charge in [-0.1, -0.05) is 54.1 Å². The van der Waals surface area contributed by atoms with Crippen LogP contribution in [-0.2, 0) is 9.59 Å². The van der Waals surface area contributed by atoms with E-state index in [1.165, 1.54) is 24.3 Å². The van der Waals surface area contributed by atoms with Gasteiger partial charge in [0.2, 0.25) is 0 Å². The van der Waals surface area contributed by atoms with Crippen LogP contribution in [0, 0.1) is 5.82 Å². The molecule has 0 unspecified atom stereocenters. The Balaban J connectivity index is 1.55. The van der Waals surface area contributed by atoms with E-state index in [9.17, 15) is 14.0 Å². The molecule has 4 nitrogen and oxygen atoms in total. The number of nitrogens with one attached hydrogen (secondary N) is 2. The van der Waals surface area contributed by atoms with Crippen molar-refractivity contribution in [3.05, 3.63) is 123 Å². The number of Topliss-reactive ketones (excluding diaryl/α,β-unsaturated/α-hetero) is 1. The zero-order chi connectivity index (χ0) is 24.5. The van der Waals surface area contributed by atoms with E-state index in [0.717, 1.165) is 16.8 Å². The molecule has 2 aliphatic rings. The number of carbonyl (C=O) groups excluding carboxylic acids is 2. The number of allylic oxidation sites excluding steroid dienone is 3. The van der Waals surface area contributed by atoms with Crippen molar-refractivity contribution in [2.24, 2.45) is 0 Å². The standard InChI is InChI=1S/C29H24ClFN2O2/c1-17-26(29(35)33-23-13-11-22(31)12-14-23)27(19-7-9-21(30)10-8-19)28-24(32-17)15-20(16-25(28)34)18-5-3-2-4-6-18/h2-14,20,27,32H,15-16H2,1H3,(H,33,35)/t20-,27+/m0/s1. The molecule has 0 saturated carbocycles. The van der Waals surface area contributed by atoms with Gasteiger partial charge in [-0.05, 0) is 66.8 Å². The quantitative estimate of drug-likeness (QED) is 0.443. The molecular formula is C29H24ClFN2O2. The summed E-state index contributed by atoms with van der Waals surface area (Å²) in [7, 11) is 0. The van der Waals surface area contributed by atoms with Gasteiger partial charge in [0.25, 0.3) is 5.91 Å². The maximum absolute atomic E-state index is 13.6. The van der Waals surface area contributed by atoms with Crippen molar-refractivity contribution in [2.45, 2.75) is 31.6 Å². The second-order valence-electron chi connectivity index (χ2n) is 8.94. The molecule has 2 N–H and O–H groups in total. The maximum Gasteiger partial charge on any atom is 0.254 e. The summed E-state index contributed by atoms with van der Waals surface area (Å²) in [6, 6.07) is 22.9. The first-order valence-electron chi connectivity index (χ1n) is 11.5. The molecule has 0 radical (unpaired) electrons. The fourth-order valence-corrected chi connectivity index (χ4v) is 5.15. The second-order valence-corrected chi connectivity index (χ2v) is 9.38. The molecule has 3 aromatic rings. The van der Waals surface area contributed by atoms with Gasteiger partial charge >= 0.3 is 0 Å². The molecular weight excluding hydrogens is 463 g/mol. The number of rotatable bonds is 4. The molecule has 0 aromatic heterocycles. The molecule has 2 atom stereocenters. The first-order valence-corrected chi connectivity index (χ1v) is 11.9. The van der Waals surface area contributed by atoms with Crippen LogP contribution in [0.1, 0.15) is 42.7 Å². The molecule has 1 heterocycles. The number of hydrogen-bond donors (Lipinski definition) is 2. The summed E-state index contributed by atoms with van der Waals surface area (Å²) in [6.07, 6.45) is 1.06. The SMILES string of the molecule is CC1=C(C(=O)Nc2ccc(F)cc2)[C@@H](c2ccc(Cl)cc2)C2=C(C[C@H](c3ccccc3)CC2=O)N1. The van der Waals surface area contributed by atoms with Gasteiger partial charge in [0.15, 0.2) is 5.78 Å². The lowest BCUT2D eigenvalue weighted by Crippen LogP contribution is -2.37. The van der Waals surface area contributed by atoms with E-state index in [2.05, 4.69) is 10.6 Å². The van der Waals surface area contributed by atoms with Crippen molar-refractivity contribution in [1.29, 1.82) is 0 Å². The van der Waals surface area contributed by atoms with Gasteiger partial charge in [-0.3, -0.25) is 9.59 Å². The monoisotopic (exact) mass is 486 g/mol. The Hall–Kier alpha value is -3.70. The number of halogens is 2. The normalized spacial score (nSPS) is 19.8. The zero-order valence-corrected chi connectivity index (χ0v) is 19.9. The molecule has 3 aromatic carbocycles. The van der Waals surface area contributed by atoms with Gasteiger partial charge in [-0.15, -0.1) is 0 Å².